The maximum absolute atomic E-state index is 9.44. The third-order valence-corrected chi connectivity index (χ3v) is 3.92. The number of aliphatic hydroxyl groups excluding tert-OH is 1. The van der Waals surface area contributed by atoms with Crippen LogP contribution in [0.5, 0.6) is 0 Å². The Kier molecular flexibility index (Phi) is 5.83. The van der Waals surface area contributed by atoms with Crippen LogP contribution in [0.25, 0.3) is 0 Å². The minimum atomic E-state index is 0.0744. The zero-order chi connectivity index (χ0) is 14.4. The molecule has 0 amide bonds. The highest BCUT2D eigenvalue weighted by molar-refractivity contribution is 5.49. The van der Waals surface area contributed by atoms with Gasteiger partial charge in [-0.15, -0.1) is 0 Å². The summed E-state index contributed by atoms with van der Waals surface area (Å²) in [4.78, 5) is 2.24. The van der Waals surface area contributed by atoms with E-state index in [0.29, 0.717) is 12.6 Å². The van der Waals surface area contributed by atoms with E-state index >= 15 is 0 Å². The van der Waals surface area contributed by atoms with E-state index in [2.05, 4.69) is 48.3 Å². The van der Waals surface area contributed by atoms with Gasteiger partial charge in [-0.1, -0.05) is 26.0 Å². The lowest BCUT2D eigenvalue weighted by Crippen LogP contribution is -2.47. The number of ether oxygens (including phenoxy) is 1. The number of nitrogens with one attached hydrogen (secondary N) is 1. The Morgan fingerprint density at radius 3 is 2.70 bits per heavy atom. The molecule has 1 fully saturated rings. The number of hydrogen-bond acceptors (Lipinski definition) is 4. The van der Waals surface area contributed by atoms with E-state index in [1.807, 2.05) is 0 Å². The first kappa shape index (κ1) is 15.3. The van der Waals surface area contributed by atoms with Crippen LogP contribution in [-0.2, 0) is 4.74 Å². The maximum Gasteiger partial charge on any atom is 0.0755 e. The Hall–Kier alpha value is -1.10. The Balaban J connectivity index is 2.10. The first-order chi connectivity index (χ1) is 9.80. The quantitative estimate of drug-likeness (QED) is 0.835. The fourth-order valence-corrected chi connectivity index (χ4v) is 2.79. The van der Waals surface area contributed by atoms with Crippen molar-refractivity contribution in [2.24, 2.45) is 0 Å². The summed E-state index contributed by atoms with van der Waals surface area (Å²) in [6.45, 7) is 7.63. The lowest BCUT2D eigenvalue weighted by Gasteiger charge is -2.36. The van der Waals surface area contributed by atoms with Gasteiger partial charge in [0.2, 0.25) is 0 Å². The van der Waals surface area contributed by atoms with Gasteiger partial charge < -0.3 is 20.1 Å². The number of benzene rings is 1. The van der Waals surface area contributed by atoms with E-state index in [0.717, 1.165) is 26.1 Å². The van der Waals surface area contributed by atoms with Gasteiger partial charge in [-0.05, 0) is 30.7 Å². The van der Waals surface area contributed by atoms with E-state index in [1.165, 1.54) is 11.3 Å². The van der Waals surface area contributed by atoms with Crippen LogP contribution < -0.4 is 10.2 Å². The van der Waals surface area contributed by atoms with Crippen molar-refractivity contribution in [2.45, 2.75) is 32.4 Å². The fraction of sp³-hybridized carbons (Fsp3) is 0.625. The molecule has 2 atom stereocenters. The van der Waals surface area contributed by atoms with Gasteiger partial charge in [0.1, 0.15) is 0 Å². The van der Waals surface area contributed by atoms with Crippen LogP contribution in [0.1, 0.15) is 31.9 Å². The van der Waals surface area contributed by atoms with Gasteiger partial charge in [0.05, 0.1) is 25.9 Å². The predicted molar refractivity (Wildman–Crippen MR) is 82.2 cm³/mol. The SMILES string of the molecule is CCNC(CC)c1ccc(N2CCOCC2CO)cc1. The highest BCUT2D eigenvalue weighted by atomic mass is 16.5. The molecule has 0 radical (unpaired) electrons. The van der Waals surface area contributed by atoms with Crippen LogP contribution in [0.3, 0.4) is 0 Å². The van der Waals surface area contributed by atoms with Crippen molar-refractivity contribution >= 4 is 5.69 Å². The first-order valence-corrected chi connectivity index (χ1v) is 7.58. The van der Waals surface area contributed by atoms with Crippen LogP contribution in [0.4, 0.5) is 5.69 Å². The van der Waals surface area contributed by atoms with Gasteiger partial charge in [-0.3, -0.25) is 0 Å². The third kappa shape index (κ3) is 3.51. The predicted octanol–water partition coefficient (Wildman–Crippen LogP) is 1.94. The molecule has 0 spiro atoms. The van der Waals surface area contributed by atoms with E-state index < -0.39 is 0 Å². The number of hydrogen-bond donors (Lipinski definition) is 2. The molecule has 0 saturated carbocycles. The molecular formula is C16H26N2O2. The molecule has 4 nitrogen and oxygen atoms in total. The zero-order valence-corrected chi connectivity index (χ0v) is 12.5. The molecule has 0 bridgehead atoms. The summed E-state index contributed by atoms with van der Waals surface area (Å²) in [6, 6.07) is 9.19. The van der Waals surface area contributed by atoms with Crippen molar-refractivity contribution in [2.75, 3.05) is 37.8 Å². The highest BCUT2D eigenvalue weighted by Gasteiger charge is 2.22. The Labute approximate surface area is 121 Å². The minimum absolute atomic E-state index is 0.0744. The molecule has 1 aliphatic rings. The largest absolute Gasteiger partial charge is 0.394 e. The van der Waals surface area contributed by atoms with E-state index in [-0.39, 0.29) is 12.6 Å². The Morgan fingerprint density at radius 2 is 2.10 bits per heavy atom. The molecular weight excluding hydrogens is 252 g/mol. The molecule has 2 unspecified atom stereocenters. The summed E-state index contributed by atoms with van der Waals surface area (Å²) in [5.74, 6) is 0. The van der Waals surface area contributed by atoms with Gasteiger partial charge in [0.25, 0.3) is 0 Å². The average Bonchev–Trinajstić information content (AvgIpc) is 2.53. The summed E-state index contributed by atoms with van der Waals surface area (Å²) < 4.78 is 5.42. The van der Waals surface area contributed by atoms with Gasteiger partial charge >= 0.3 is 0 Å². The second-order valence-electron chi connectivity index (χ2n) is 5.21. The molecule has 1 heterocycles. The van der Waals surface area contributed by atoms with Crippen molar-refractivity contribution in [1.29, 1.82) is 0 Å². The number of anilines is 1. The molecule has 1 aliphatic heterocycles. The number of aliphatic hydroxyl groups is 1. The number of nitrogens with zero attached hydrogens (tertiary/aromatic N) is 1. The number of morpholine rings is 1. The summed E-state index contributed by atoms with van der Waals surface area (Å²) >= 11 is 0. The van der Waals surface area contributed by atoms with Gasteiger partial charge in [0.15, 0.2) is 0 Å². The molecule has 0 aromatic heterocycles. The van der Waals surface area contributed by atoms with Crippen LogP contribution in [0.2, 0.25) is 0 Å². The van der Waals surface area contributed by atoms with E-state index in [1.54, 1.807) is 0 Å². The van der Waals surface area contributed by atoms with Gasteiger partial charge in [-0.25, -0.2) is 0 Å². The lowest BCUT2D eigenvalue weighted by molar-refractivity contribution is 0.0727. The average molecular weight is 278 g/mol. The molecule has 1 aromatic rings. The van der Waals surface area contributed by atoms with Crippen molar-refractivity contribution in [3.05, 3.63) is 29.8 Å². The molecule has 0 aliphatic carbocycles. The lowest BCUT2D eigenvalue weighted by atomic mass is 10.0. The van der Waals surface area contributed by atoms with Crippen LogP contribution in [0, 0.1) is 0 Å². The molecule has 4 heteroatoms. The third-order valence-electron chi connectivity index (χ3n) is 3.92. The van der Waals surface area contributed by atoms with E-state index in [4.69, 9.17) is 4.74 Å². The fourth-order valence-electron chi connectivity index (χ4n) is 2.79. The van der Waals surface area contributed by atoms with Gasteiger partial charge in [0, 0.05) is 18.3 Å². The normalized spacial score (nSPS) is 20.9. The second kappa shape index (κ2) is 7.62. The van der Waals surface area contributed by atoms with Crippen LogP contribution >= 0.6 is 0 Å². The topological polar surface area (TPSA) is 44.7 Å². The Morgan fingerprint density at radius 1 is 1.35 bits per heavy atom. The zero-order valence-electron chi connectivity index (χ0n) is 12.5. The Bertz CT molecular complexity index is 394. The summed E-state index contributed by atoms with van der Waals surface area (Å²) in [5, 5.41) is 12.9. The standard InChI is InChI=1S/C16H26N2O2/c1-3-16(17-4-2)13-5-7-14(8-6-13)18-9-10-20-12-15(18)11-19/h5-8,15-17,19H,3-4,9-12H2,1-2H3. The molecule has 112 valence electrons. The molecule has 2 N–H and O–H groups in total. The maximum atomic E-state index is 9.44. The molecule has 20 heavy (non-hydrogen) atoms. The van der Waals surface area contributed by atoms with Crippen molar-refractivity contribution < 1.29 is 9.84 Å². The van der Waals surface area contributed by atoms with Crippen LogP contribution in [-0.4, -0.2) is 44.1 Å². The van der Waals surface area contributed by atoms with E-state index in [9.17, 15) is 5.11 Å². The molecule has 1 aromatic carbocycles. The summed E-state index contributed by atoms with van der Waals surface area (Å²) in [5.41, 5.74) is 2.49. The van der Waals surface area contributed by atoms with Gasteiger partial charge in [-0.2, -0.15) is 0 Å². The monoisotopic (exact) mass is 278 g/mol. The second-order valence-corrected chi connectivity index (χ2v) is 5.21. The van der Waals surface area contributed by atoms with Crippen LogP contribution in [0.15, 0.2) is 24.3 Å². The van der Waals surface area contributed by atoms with Crippen molar-refractivity contribution in [3.63, 3.8) is 0 Å². The van der Waals surface area contributed by atoms with Crippen molar-refractivity contribution in [3.8, 4) is 0 Å². The smallest absolute Gasteiger partial charge is 0.0755 e. The molecule has 2 rings (SSSR count). The summed E-state index contributed by atoms with van der Waals surface area (Å²) in [7, 11) is 0. The van der Waals surface area contributed by atoms with Crippen molar-refractivity contribution in [1.82, 2.24) is 5.32 Å². The summed E-state index contributed by atoms with van der Waals surface area (Å²) in [6.07, 6.45) is 1.09. The minimum Gasteiger partial charge on any atom is -0.394 e. The molecule has 1 saturated heterocycles. The first-order valence-electron chi connectivity index (χ1n) is 7.58. The highest BCUT2D eigenvalue weighted by Crippen LogP contribution is 2.23. The number of rotatable bonds is 6.